The fourth-order valence-corrected chi connectivity index (χ4v) is 2.35. The molecule has 0 heterocycles. The minimum atomic E-state index is -0.524. The molecular formula is C15H22FNO. The van der Waals surface area contributed by atoms with Gasteiger partial charge < -0.3 is 10.0 Å². The van der Waals surface area contributed by atoms with Crippen LogP contribution in [0, 0.1) is 18.7 Å². The van der Waals surface area contributed by atoms with Crippen LogP contribution >= 0.6 is 0 Å². The van der Waals surface area contributed by atoms with Crippen molar-refractivity contribution in [1.82, 2.24) is 4.90 Å². The average molecular weight is 251 g/mol. The molecule has 0 amide bonds. The zero-order valence-corrected chi connectivity index (χ0v) is 11.2. The van der Waals surface area contributed by atoms with Gasteiger partial charge in [0.15, 0.2) is 0 Å². The van der Waals surface area contributed by atoms with E-state index in [9.17, 15) is 9.50 Å². The maximum Gasteiger partial charge on any atom is 0.123 e. The summed E-state index contributed by atoms with van der Waals surface area (Å²) < 4.78 is 13.0. The van der Waals surface area contributed by atoms with E-state index >= 15 is 0 Å². The third-order valence-electron chi connectivity index (χ3n) is 3.68. The summed E-state index contributed by atoms with van der Waals surface area (Å²) >= 11 is 0. The Morgan fingerprint density at radius 1 is 1.44 bits per heavy atom. The van der Waals surface area contributed by atoms with Crippen molar-refractivity contribution in [2.75, 3.05) is 19.6 Å². The predicted molar refractivity (Wildman–Crippen MR) is 70.9 cm³/mol. The van der Waals surface area contributed by atoms with Crippen LogP contribution in [-0.2, 0) is 0 Å². The van der Waals surface area contributed by atoms with Gasteiger partial charge in [0.1, 0.15) is 5.82 Å². The minimum Gasteiger partial charge on any atom is -0.387 e. The number of benzene rings is 1. The molecule has 1 aliphatic rings. The summed E-state index contributed by atoms with van der Waals surface area (Å²) in [5.41, 5.74) is 1.66. The quantitative estimate of drug-likeness (QED) is 0.840. The highest BCUT2D eigenvalue weighted by Gasteiger charge is 2.25. The lowest BCUT2D eigenvalue weighted by molar-refractivity contribution is 0.113. The minimum absolute atomic E-state index is 0.242. The molecule has 1 atom stereocenters. The highest BCUT2D eigenvalue weighted by atomic mass is 19.1. The first kappa shape index (κ1) is 13.5. The fourth-order valence-electron chi connectivity index (χ4n) is 2.35. The van der Waals surface area contributed by atoms with Crippen molar-refractivity contribution >= 4 is 0 Å². The highest BCUT2D eigenvalue weighted by molar-refractivity contribution is 5.28. The molecule has 1 unspecified atom stereocenters. The zero-order valence-electron chi connectivity index (χ0n) is 11.2. The van der Waals surface area contributed by atoms with Gasteiger partial charge in [-0.3, -0.25) is 0 Å². The van der Waals surface area contributed by atoms with Gasteiger partial charge in [0.25, 0.3) is 0 Å². The van der Waals surface area contributed by atoms with E-state index in [-0.39, 0.29) is 5.82 Å². The average Bonchev–Trinajstić information content (AvgIpc) is 3.11. The summed E-state index contributed by atoms with van der Waals surface area (Å²) in [5, 5.41) is 10.3. The van der Waals surface area contributed by atoms with Crippen LogP contribution < -0.4 is 0 Å². The second-order valence-electron chi connectivity index (χ2n) is 5.31. The van der Waals surface area contributed by atoms with Crippen LogP contribution in [0.15, 0.2) is 18.2 Å². The van der Waals surface area contributed by atoms with Gasteiger partial charge in [-0.15, -0.1) is 0 Å². The van der Waals surface area contributed by atoms with E-state index in [2.05, 4.69) is 11.8 Å². The molecule has 1 fully saturated rings. The number of halogens is 1. The van der Waals surface area contributed by atoms with Crippen LogP contribution in [0.1, 0.15) is 37.0 Å². The first-order chi connectivity index (χ1) is 8.60. The third-order valence-corrected chi connectivity index (χ3v) is 3.68. The smallest absolute Gasteiger partial charge is 0.123 e. The van der Waals surface area contributed by atoms with E-state index in [1.807, 2.05) is 6.92 Å². The summed E-state index contributed by atoms with van der Waals surface area (Å²) in [6.07, 6.45) is 2.12. The van der Waals surface area contributed by atoms with E-state index in [0.29, 0.717) is 6.54 Å². The van der Waals surface area contributed by atoms with E-state index < -0.39 is 6.10 Å². The van der Waals surface area contributed by atoms with Crippen LogP contribution in [0.3, 0.4) is 0 Å². The van der Waals surface area contributed by atoms with Gasteiger partial charge in [0.05, 0.1) is 6.10 Å². The van der Waals surface area contributed by atoms with Gasteiger partial charge in [-0.05, 0) is 55.5 Å². The number of aliphatic hydroxyl groups is 1. The van der Waals surface area contributed by atoms with Crippen molar-refractivity contribution in [3.8, 4) is 0 Å². The van der Waals surface area contributed by atoms with E-state index in [1.165, 1.54) is 25.0 Å². The number of hydrogen-bond acceptors (Lipinski definition) is 2. The topological polar surface area (TPSA) is 23.5 Å². The van der Waals surface area contributed by atoms with Crippen molar-refractivity contribution in [2.24, 2.45) is 5.92 Å². The van der Waals surface area contributed by atoms with Crippen LogP contribution in [0.5, 0.6) is 0 Å². The molecule has 0 bridgehead atoms. The Bertz CT molecular complexity index is 403. The van der Waals surface area contributed by atoms with Crippen LogP contribution in [0.2, 0.25) is 0 Å². The molecule has 1 N–H and O–H groups in total. The summed E-state index contributed by atoms with van der Waals surface area (Å²) in [6.45, 7) is 6.63. The summed E-state index contributed by atoms with van der Waals surface area (Å²) in [6, 6.07) is 4.60. The molecule has 1 aromatic rings. The standard InChI is InChI=1S/C15H22FNO/c1-3-17(9-12-4-5-12)10-15(18)14-7-6-13(16)8-11(14)2/h6-8,12,15,18H,3-5,9-10H2,1-2H3. The van der Waals surface area contributed by atoms with Crippen LogP contribution in [0.25, 0.3) is 0 Å². The SMILES string of the molecule is CCN(CC1CC1)CC(O)c1ccc(F)cc1C. The number of hydrogen-bond donors (Lipinski definition) is 1. The van der Waals surface area contributed by atoms with Crippen molar-refractivity contribution in [2.45, 2.75) is 32.8 Å². The molecule has 2 rings (SSSR count). The molecule has 1 aliphatic carbocycles. The maximum absolute atomic E-state index is 13.0. The summed E-state index contributed by atoms with van der Waals surface area (Å²) in [4.78, 5) is 2.28. The number of aryl methyl sites for hydroxylation is 1. The van der Waals surface area contributed by atoms with Crippen molar-refractivity contribution in [3.63, 3.8) is 0 Å². The number of likely N-dealkylation sites (N-methyl/N-ethyl adjacent to an activating group) is 1. The lowest BCUT2D eigenvalue weighted by Gasteiger charge is -2.24. The zero-order chi connectivity index (χ0) is 13.1. The summed E-state index contributed by atoms with van der Waals surface area (Å²) in [5.74, 6) is 0.584. The van der Waals surface area contributed by atoms with Crippen molar-refractivity contribution < 1.29 is 9.50 Å². The van der Waals surface area contributed by atoms with E-state index in [0.717, 1.165) is 30.1 Å². The first-order valence-electron chi connectivity index (χ1n) is 6.76. The molecular weight excluding hydrogens is 229 g/mol. The third kappa shape index (κ3) is 3.53. The molecule has 1 aromatic carbocycles. The number of rotatable bonds is 6. The molecule has 2 nitrogen and oxygen atoms in total. The highest BCUT2D eigenvalue weighted by Crippen LogP contribution is 2.30. The van der Waals surface area contributed by atoms with E-state index in [1.54, 1.807) is 6.07 Å². The molecule has 100 valence electrons. The van der Waals surface area contributed by atoms with Gasteiger partial charge in [0, 0.05) is 13.1 Å². The number of nitrogens with zero attached hydrogens (tertiary/aromatic N) is 1. The predicted octanol–water partition coefficient (Wildman–Crippen LogP) is 2.90. The second kappa shape index (κ2) is 5.81. The molecule has 18 heavy (non-hydrogen) atoms. The van der Waals surface area contributed by atoms with Gasteiger partial charge in [-0.1, -0.05) is 13.0 Å². The van der Waals surface area contributed by atoms with Gasteiger partial charge in [-0.2, -0.15) is 0 Å². The van der Waals surface area contributed by atoms with Crippen molar-refractivity contribution in [1.29, 1.82) is 0 Å². The molecule has 0 aromatic heterocycles. The monoisotopic (exact) mass is 251 g/mol. The van der Waals surface area contributed by atoms with Crippen molar-refractivity contribution in [3.05, 3.63) is 35.1 Å². The Balaban J connectivity index is 1.98. The molecule has 1 saturated carbocycles. The lowest BCUT2D eigenvalue weighted by atomic mass is 10.0. The summed E-state index contributed by atoms with van der Waals surface area (Å²) in [7, 11) is 0. The van der Waals surface area contributed by atoms with Gasteiger partial charge in [0.2, 0.25) is 0 Å². The molecule has 0 aliphatic heterocycles. The largest absolute Gasteiger partial charge is 0.387 e. The normalized spacial score (nSPS) is 17.2. The first-order valence-corrected chi connectivity index (χ1v) is 6.76. The van der Waals surface area contributed by atoms with E-state index in [4.69, 9.17) is 0 Å². The Morgan fingerprint density at radius 3 is 2.72 bits per heavy atom. The fraction of sp³-hybridized carbons (Fsp3) is 0.600. The lowest BCUT2D eigenvalue weighted by Crippen LogP contribution is -2.30. The molecule has 0 saturated heterocycles. The Morgan fingerprint density at radius 2 is 2.17 bits per heavy atom. The Labute approximate surface area is 108 Å². The number of aliphatic hydroxyl groups excluding tert-OH is 1. The van der Waals surface area contributed by atoms with Crippen LogP contribution in [0.4, 0.5) is 4.39 Å². The molecule has 3 heteroatoms. The maximum atomic E-state index is 13.0. The Hall–Kier alpha value is -0.930. The van der Waals surface area contributed by atoms with Gasteiger partial charge >= 0.3 is 0 Å². The second-order valence-corrected chi connectivity index (χ2v) is 5.31. The molecule has 0 radical (unpaired) electrons. The molecule has 0 spiro atoms. The Kier molecular flexibility index (Phi) is 4.36. The van der Waals surface area contributed by atoms with Crippen LogP contribution in [-0.4, -0.2) is 29.6 Å². The van der Waals surface area contributed by atoms with Gasteiger partial charge in [-0.25, -0.2) is 4.39 Å².